The van der Waals surface area contributed by atoms with E-state index in [4.69, 9.17) is 8.83 Å². The molecule has 61 heavy (non-hydrogen) atoms. The molecule has 10 aromatic carbocycles. The monoisotopic (exact) mass is 779 g/mol. The van der Waals surface area contributed by atoms with Gasteiger partial charge in [0.15, 0.2) is 0 Å². The number of para-hydroxylation sites is 4. The van der Waals surface area contributed by atoms with Crippen molar-refractivity contribution < 1.29 is 8.83 Å². The predicted octanol–water partition coefficient (Wildman–Crippen LogP) is 16.8. The molecule has 0 radical (unpaired) electrons. The normalized spacial score (nSPS) is 11.6. The van der Waals surface area contributed by atoms with Crippen LogP contribution in [-0.2, 0) is 0 Å². The molecule has 2 aromatic heterocycles. The number of anilines is 3. The van der Waals surface area contributed by atoms with Crippen LogP contribution in [0.4, 0.5) is 17.1 Å². The van der Waals surface area contributed by atoms with Crippen LogP contribution in [0.15, 0.2) is 233 Å². The van der Waals surface area contributed by atoms with E-state index in [-0.39, 0.29) is 0 Å². The summed E-state index contributed by atoms with van der Waals surface area (Å²) < 4.78 is 12.9. The fourth-order valence-corrected chi connectivity index (χ4v) is 9.14. The van der Waals surface area contributed by atoms with Gasteiger partial charge in [-0.25, -0.2) is 0 Å². The van der Waals surface area contributed by atoms with Gasteiger partial charge < -0.3 is 13.7 Å². The van der Waals surface area contributed by atoms with Crippen LogP contribution in [0.5, 0.6) is 0 Å². The van der Waals surface area contributed by atoms with Gasteiger partial charge >= 0.3 is 0 Å². The first-order valence-corrected chi connectivity index (χ1v) is 20.7. The molecule has 0 amide bonds. The summed E-state index contributed by atoms with van der Waals surface area (Å²) in [5.41, 5.74) is 15.8. The number of furan rings is 2. The van der Waals surface area contributed by atoms with E-state index in [9.17, 15) is 0 Å². The van der Waals surface area contributed by atoms with E-state index in [0.29, 0.717) is 0 Å². The van der Waals surface area contributed by atoms with Crippen LogP contribution in [0.25, 0.3) is 99.2 Å². The third-order valence-electron chi connectivity index (χ3n) is 12.1. The Morgan fingerprint density at radius 2 is 0.869 bits per heavy atom. The highest BCUT2D eigenvalue weighted by Gasteiger charge is 2.21. The van der Waals surface area contributed by atoms with Crippen molar-refractivity contribution in [1.29, 1.82) is 0 Å². The number of fused-ring (bicyclic) bond motifs is 7. The quantitative estimate of drug-likeness (QED) is 0.161. The first-order chi connectivity index (χ1) is 30.2. The molecule has 0 aliphatic heterocycles. The second-order valence-electron chi connectivity index (χ2n) is 15.6. The maximum atomic E-state index is 6.46. The zero-order valence-electron chi connectivity index (χ0n) is 33.1. The van der Waals surface area contributed by atoms with Gasteiger partial charge in [-0.05, 0) is 98.8 Å². The zero-order chi connectivity index (χ0) is 40.3. The molecule has 0 atom stereocenters. The van der Waals surface area contributed by atoms with Crippen LogP contribution in [0.2, 0.25) is 0 Å². The van der Waals surface area contributed by atoms with Crippen LogP contribution in [0.1, 0.15) is 0 Å². The zero-order valence-corrected chi connectivity index (χ0v) is 33.1. The van der Waals surface area contributed by atoms with Crippen LogP contribution in [-0.4, -0.2) is 0 Å². The summed E-state index contributed by atoms with van der Waals surface area (Å²) in [5, 5.41) is 6.96. The largest absolute Gasteiger partial charge is 0.456 e. The highest BCUT2D eigenvalue weighted by atomic mass is 16.3. The molecular formula is C58H37NO2. The maximum Gasteiger partial charge on any atom is 0.143 e. The molecule has 0 fully saturated rings. The van der Waals surface area contributed by atoms with Gasteiger partial charge in [0.1, 0.15) is 22.3 Å². The lowest BCUT2D eigenvalue weighted by molar-refractivity contribution is 0.669. The van der Waals surface area contributed by atoms with Crippen LogP contribution in [0, 0.1) is 0 Å². The molecule has 3 heteroatoms. The first-order valence-electron chi connectivity index (χ1n) is 20.7. The molecule has 286 valence electrons. The minimum Gasteiger partial charge on any atom is -0.456 e. The second kappa shape index (κ2) is 14.3. The van der Waals surface area contributed by atoms with Crippen LogP contribution >= 0.6 is 0 Å². The summed E-state index contributed by atoms with van der Waals surface area (Å²) in [6.07, 6.45) is 0. The van der Waals surface area contributed by atoms with E-state index < -0.39 is 0 Å². The van der Waals surface area contributed by atoms with E-state index >= 15 is 0 Å². The Labute approximate surface area is 353 Å². The van der Waals surface area contributed by atoms with Gasteiger partial charge in [0.25, 0.3) is 0 Å². The third-order valence-corrected chi connectivity index (χ3v) is 12.1. The molecule has 12 aromatic rings. The van der Waals surface area contributed by atoms with Gasteiger partial charge in [-0.1, -0.05) is 170 Å². The summed E-state index contributed by atoms with van der Waals surface area (Å²) >= 11 is 0. The maximum absolute atomic E-state index is 6.46. The standard InChI is InChI=1S/C58H37NO2/c1-2-13-42-36-44(31-30-38(42)12-1)40-28-26-39(27-29-40)43-14-9-15-46(37-43)59(45-34-32-41(33-35-45)47-19-10-21-51-49-17-4-7-23-54(49)61-58(47)51)53-22-6-3-16-48(53)50-20-11-25-56-57(50)52-18-5-8-24-55(52)60-56/h1-37H. The van der Waals surface area contributed by atoms with E-state index in [0.717, 1.165) is 94.3 Å². The van der Waals surface area contributed by atoms with Crippen molar-refractivity contribution >= 4 is 71.7 Å². The highest BCUT2D eigenvalue weighted by molar-refractivity contribution is 6.14. The van der Waals surface area contributed by atoms with E-state index in [2.05, 4.69) is 205 Å². The summed E-state index contributed by atoms with van der Waals surface area (Å²) in [6, 6.07) is 80.0. The number of hydrogen-bond donors (Lipinski definition) is 0. The van der Waals surface area contributed by atoms with E-state index in [1.54, 1.807) is 0 Å². The SMILES string of the molecule is c1cc(-c2ccc(-c3ccc4ccccc4c3)cc2)cc(N(c2ccc(-c3cccc4c3oc3ccccc34)cc2)c2ccccc2-c2cccc3oc4ccccc4c23)c1. The van der Waals surface area contributed by atoms with Crippen molar-refractivity contribution in [2.45, 2.75) is 0 Å². The minimum atomic E-state index is 0.873. The average molecular weight is 780 g/mol. The lowest BCUT2D eigenvalue weighted by Crippen LogP contribution is -2.11. The topological polar surface area (TPSA) is 29.5 Å². The van der Waals surface area contributed by atoms with Crippen molar-refractivity contribution in [3.63, 3.8) is 0 Å². The Hall–Kier alpha value is -8.14. The van der Waals surface area contributed by atoms with Gasteiger partial charge in [0.2, 0.25) is 0 Å². The number of nitrogens with zero attached hydrogens (tertiary/aromatic N) is 1. The molecule has 2 heterocycles. The number of rotatable bonds is 7. The molecule has 12 rings (SSSR count). The van der Waals surface area contributed by atoms with Crippen molar-refractivity contribution in [3.8, 4) is 44.5 Å². The molecule has 3 nitrogen and oxygen atoms in total. The molecule has 0 unspecified atom stereocenters. The Kier molecular flexibility index (Phi) is 8.17. The molecular weight excluding hydrogens is 743 g/mol. The molecule has 0 aliphatic carbocycles. The van der Waals surface area contributed by atoms with E-state index in [1.807, 2.05) is 24.3 Å². The third kappa shape index (κ3) is 5.98. The molecule has 0 saturated carbocycles. The fourth-order valence-electron chi connectivity index (χ4n) is 9.14. The van der Waals surface area contributed by atoms with Crippen LogP contribution < -0.4 is 4.90 Å². The lowest BCUT2D eigenvalue weighted by Gasteiger charge is -2.28. The van der Waals surface area contributed by atoms with Gasteiger partial charge in [0, 0.05) is 44.0 Å². The molecule has 0 spiro atoms. The summed E-state index contributed by atoms with van der Waals surface area (Å²) in [4.78, 5) is 2.38. The van der Waals surface area contributed by atoms with Crippen molar-refractivity contribution in [2.75, 3.05) is 4.90 Å². The summed E-state index contributed by atoms with van der Waals surface area (Å²) in [6.45, 7) is 0. The Morgan fingerprint density at radius 3 is 1.70 bits per heavy atom. The first kappa shape index (κ1) is 34.9. The van der Waals surface area contributed by atoms with Gasteiger partial charge in [-0.3, -0.25) is 0 Å². The second-order valence-corrected chi connectivity index (χ2v) is 15.6. The molecule has 0 aliphatic rings. The molecule has 0 bridgehead atoms. The Bertz CT molecular complexity index is 3590. The number of hydrogen-bond acceptors (Lipinski definition) is 3. The van der Waals surface area contributed by atoms with E-state index in [1.165, 1.54) is 21.9 Å². The Morgan fingerprint density at radius 1 is 0.295 bits per heavy atom. The van der Waals surface area contributed by atoms with Gasteiger partial charge in [0.05, 0.1) is 5.69 Å². The average Bonchev–Trinajstić information content (AvgIpc) is 3.91. The number of benzene rings is 10. The Balaban J connectivity index is 0.993. The van der Waals surface area contributed by atoms with Crippen molar-refractivity contribution in [2.24, 2.45) is 0 Å². The fraction of sp³-hybridized carbons (Fsp3) is 0. The van der Waals surface area contributed by atoms with Crippen molar-refractivity contribution in [3.05, 3.63) is 224 Å². The summed E-state index contributed by atoms with van der Waals surface area (Å²) in [5.74, 6) is 0. The van der Waals surface area contributed by atoms with Crippen molar-refractivity contribution in [1.82, 2.24) is 0 Å². The van der Waals surface area contributed by atoms with Crippen LogP contribution in [0.3, 0.4) is 0 Å². The van der Waals surface area contributed by atoms with Gasteiger partial charge in [-0.15, -0.1) is 0 Å². The highest BCUT2D eigenvalue weighted by Crippen LogP contribution is 2.46. The smallest absolute Gasteiger partial charge is 0.143 e. The lowest BCUT2D eigenvalue weighted by atomic mass is 9.96. The molecule has 0 saturated heterocycles. The minimum absolute atomic E-state index is 0.873. The molecule has 0 N–H and O–H groups in total. The predicted molar refractivity (Wildman–Crippen MR) is 255 cm³/mol. The van der Waals surface area contributed by atoms with Gasteiger partial charge in [-0.2, -0.15) is 0 Å². The summed E-state index contributed by atoms with van der Waals surface area (Å²) in [7, 11) is 0.